The maximum atomic E-state index is 12.5. The number of hydrogen-bond donors (Lipinski definition) is 0. The molecule has 0 radical (unpaired) electrons. The Morgan fingerprint density at radius 1 is 1.54 bits per heavy atom. The molecule has 1 rings (SSSR count). The van der Waals surface area contributed by atoms with Crippen LogP contribution in [-0.2, 0) is 9.73 Å². The van der Waals surface area contributed by atoms with E-state index in [2.05, 4.69) is 13.2 Å². The highest BCUT2D eigenvalue weighted by Gasteiger charge is 2.41. The lowest BCUT2D eigenvalue weighted by Crippen LogP contribution is -2.31. The van der Waals surface area contributed by atoms with E-state index < -0.39 is 9.73 Å². The third-order valence-corrected chi connectivity index (χ3v) is 6.06. The van der Waals surface area contributed by atoms with Gasteiger partial charge in [0.1, 0.15) is 0 Å². The minimum Gasteiger partial charge on any atom is -0.249 e. The number of hydrogen-bond acceptors (Lipinski definition) is 2. The third kappa shape index (κ3) is 2.32. The molecule has 0 N–H and O–H groups in total. The van der Waals surface area contributed by atoms with E-state index in [9.17, 15) is 4.21 Å². The Morgan fingerprint density at radius 2 is 2.08 bits per heavy atom. The van der Waals surface area contributed by atoms with Crippen molar-refractivity contribution in [1.29, 1.82) is 0 Å². The Hall–Kier alpha value is 0.120. The maximum Gasteiger partial charge on any atom is 0.0705 e. The van der Waals surface area contributed by atoms with Crippen LogP contribution in [0.3, 0.4) is 0 Å². The zero-order chi connectivity index (χ0) is 10.1. The molecule has 0 aliphatic heterocycles. The molecule has 1 saturated carbocycles. The molecule has 0 amide bonds. The van der Waals surface area contributed by atoms with Gasteiger partial charge in [-0.2, -0.15) is 0 Å². The Kier molecular flexibility index (Phi) is 3.19. The van der Waals surface area contributed by atoms with Crippen molar-refractivity contribution in [2.45, 2.75) is 43.6 Å². The standard InChI is InChI=1S/C9H18NOPS/c1-9(2,3)13(11,8-4-5-8)10-6-7-12/h7-8,12H,4-6H2,1-3H3/t13-/m0/s1. The Labute approximate surface area is 83.5 Å². The summed E-state index contributed by atoms with van der Waals surface area (Å²) in [7, 11) is 1.23. The van der Waals surface area contributed by atoms with Crippen molar-refractivity contribution in [3.63, 3.8) is 0 Å². The van der Waals surface area contributed by atoms with Gasteiger partial charge in [-0.1, -0.05) is 0 Å². The monoisotopic (exact) mass is 219 g/mol. The second-order valence-corrected chi connectivity index (χ2v) is 8.09. The van der Waals surface area contributed by atoms with Crippen LogP contribution in [0.5, 0.6) is 0 Å². The summed E-state index contributed by atoms with van der Waals surface area (Å²) < 4.78 is 16.7. The van der Waals surface area contributed by atoms with Crippen LogP contribution >= 0.6 is 8.86 Å². The SMILES string of the molecule is CC(C)(C)[S@](=O)(=NCC=P)C1CC1. The zero-order valence-electron chi connectivity index (χ0n) is 8.54. The topological polar surface area (TPSA) is 29.4 Å². The van der Waals surface area contributed by atoms with Crippen molar-refractivity contribution in [3.05, 3.63) is 0 Å². The van der Waals surface area contributed by atoms with Gasteiger partial charge in [-0.15, -0.1) is 8.86 Å². The summed E-state index contributed by atoms with van der Waals surface area (Å²) >= 11 is 0. The largest absolute Gasteiger partial charge is 0.249 e. The average molecular weight is 219 g/mol. The van der Waals surface area contributed by atoms with Gasteiger partial charge in [0.05, 0.1) is 16.3 Å². The first-order chi connectivity index (χ1) is 5.92. The second-order valence-electron chi connectivity index (χ2n) is 4.40. The van der Waals surface area contributed by atoms with Gasteiger partial charge in [0.15, 0.2) is 0 Å². The summed E-state index contributed by atoms with van der Waals surface area (Å²) in [5.74, 6) is 1.77. The fourth-order valence-electron chi connectivity index (χ4n) is 1.33. The van der Waals surface area contributed by atoms with Crippen LogP contribution in [0, 0.1) is 0 Å². The zero-order valence-corrected chi connectivity index (χ0v) is 10.4. The summed E-state index contributed by atoms with van der Waals surface area (Å²) in [4.78, 5) is 0. The summed E-state index contributed by atoms with van der Waals surface area (Å²) in [6.07, 6.45) is 2.17. The summed E-state index contributed by atoms with van der Waals surface area (Å²) in [6, 6.07) is 0. The normalized spacial score (nSPS) is 22.1. The molecule has 0 saturated heterocycles. The van der Waals surface area contributed by atoms with E-state index in [4.69, 9.17) is 0 Å². The van der Waals surface area contributed by atoms with Crippen LogP contribution in [0.15, 0.2) is 4.36 Å². The molecule has 0 aromatic rings. The fraction of sp³-hybridized carbons (Fsp3) is 0.889. The summed E-state index contributed by atoms with van der Waals surface area (Å²) in [5.41, 5.74) is 0. The van der Waals surface area contributed by atoms with Crippen molar-refractivity contribution >= 4 is 24.4 Å². The molecule has 0 spiro atoms. The molecule has 0 unspecified atom stereocenters. The fourth-order valence-corrected chi connectivity index (χ4v) is 4.23. The van der Waals surface area contributed by atoms with Crippen molar-refractivity contribution < 1.29 is 4.21 Å². The molecule has 13 heavy (non-hydrogen) atoms. The predicted octanol–water partition coefficient (Wildman–Crippen LogP) is 2.36. The molecular weight excluding hydrogens is 201 g/mol. The van der Waals surface area contributed by atoms with Gasteiger partial charge in [0.25, 0.3) is 0 Å². The highest BCUT2D eigenvalue weighted by Crippen LogP contribution is 2.37. The van der Waals surface area contributed by atoms with Crippen LogP contribution < -0.4 is 0 Å². The van der Waals surface area contributed by atoms with E-state index in [1.165, 1.54) is 0 Å². The molecule has 4 heteroatoms. The van der Waals surface area contributed by atoms with Gasteiger partial charge < -0.3 is 0 Å². The van der Waals surface area contributed by atoms with Crippen molar-refractivity contribution in [2.75, 3.05) is 6.54 Å². The first-order valence-electron chi connectivity index (χ1n) is 4.62. The van der Waals surface area contributed by atoms with Crippen molar-refractivity contribution in [3.8, 4) is 0 Å². The molecule has 1 aliphatic carbocycles. The molecule has 2 nitrogen and oxygen atoms in total. The van der Waals surface area contributed by atoms with E-state index in [0.29, 0.717) is 11.8 Å². The highest BCUT2D eigenvalue weighted by molar-refractivity contribution is 7.95. The molecule has 1 atom stereocenters. The second kappa shape index (κ2) is 3.70. The van der Waals surface area contributed by atoms with Gasteiger partial charge in [0, 0.05) is 10.00 Å². The van der Waals surface area contributed by atoms with E-state index in [0.717, 1.165) is 12.8 Å². The van der Waals surface area contributed by atoms with Crippen LogP contribution in [-0.4, -0.2) is 26.5 Å². The quantitative estimate of drug-likeness (QED) is 0.670. The molecule has 0 aromatic carbocycles. The lowest BCUT2D eigenvalue weighted by molar-refractivity contribution is 0.637. The maximum absolute atomic E-state index is 12.5. The van der Waals surface area contributed by atoms with E-state index in [1.54, 1.807) is 5.80 Å². The lowest BCUT2D eigenvalue weighted by Gasteiger charge is -2.24. The molecule has 0 heterocycles. The van der Waals surface area contributed by atoms with E-state index in [1.807, 2.05) is 20.8 Å². The third-order valence-electron chi connectivity index (χ3n) is 2.21. The van der Waals surface area contributed by atoms with Gasteiger partial charge in [-0.25, -0.2) is 8.57 Å². The summed E-state index contributed by atoms with van der Waals surface area (Å²) in [5, 5.41) is 0.346. The molecule has 76 valence electrons. The minimum atomic E-state index is -2.01. The van der Waals surface area contributed by atoms with Gasteiger partial charge in [0.2, 0.25) is 0 Å². The average Bonchev–Trinajstić information content (AvgIpc) is 2.80. The van der Waals surface area contributed by atoms with Gasteiger partial charge in [-0.05, 0) is 39.4 Å². The Morgan fingerprint density at radius 3 is 2.38 bits per heavy atom. The lowest BCUT2D eigenvalue weighted by atomic mass is 10.3. The van der Waals surface area contributed by atoms with Crippen LogP contribution in [0.25, 0.3) is 0 Å². The number of rotatable bonds is 3. The molecule has 0 bridgehead atoms. The van der Waals surface area contributed by atoms with Crippen LogP contribution in [0.2, 0.25) is 0 Å². The van der Waals surface area contributed by atoms with Crippen molar-refractivity contribution in [2.24, 2.45) is 4.36 Å². The van der Waals surface area contributed by atoms with Gasteiger partial charge in [-0.3, -0.25) is 0 Å². The van der Waals surface area contributed by atoms with Crippen LogP contribution in [0.1, 0.15) is 33.6 Å². The predicted molar refractivity (Wildman–Crippen MR) is 62.6 cm³/mol. The number of nitrogens with zero attached hydrogens (tertiary/aromatic N) is 1. The van der Waals surface area contributed by atoms with Crippen molar-refractivity contribution in [1.82, 2.24) is 0 Å². The highest BCUT2D eigenvalue weighted by atomic mass is 32.2. The van der Waals surface area contributed by atoms with Gasteiger partial charge >= 0.3 is 0 Å². The Bertz CT molecular complexity index is 306. The molecule has 0 aromatic heterocycles. The summed E-state index contributed by atoms with van der Waals surface area (Å²) in [6.45, 7) is 6.60. The molecule has 1 aliphatic rings. The first-order valence-corrected chi connectivity index (χ1v) is 6.77. The van der Waals surface area contributed by atoms with Crippen LogP contribution in [0.4, 0.5) is 0 Å². The van der Waals surface area contributed by atoms with E-state index in [-0.39, 0.29) is 4.75 Å². The molecular formula is C9H18NOPS. The Balaban J connectivity index is 3.00. The smallest absolute Gasteiger partial charge is 0.0705 e. The first kappa shape index (κ1) is 11.2. The van der Waals surface area contributed by atoms with E-state index >= 15 is 0 Å². The minimum absolute atomic E-state index is 0.191. The molecule has 1 fully saturated rings.